The summed E-state index contributed by atoms with van der Waals surface area (Å²) in [5.41, 5.74) is 1.38. The number of rotatable bonds is 9. The van der Waals surface area contributed by atoms with Crippen LogP contribution in [0.2, 0.25) is 20.1 Å². The smallest absolute Gasteiger partial charge is 0.332 e. The molecule has 0 aliphatic heterocycles. The third-order valence-corrected chi connectivity index (χ3v) is 7.12. The van der Waals surface area contributed by atoms with Crippen LogP contribution in [0.25, 0.3) is 11.2 Å². The van der Waals surface area contributed by atoms with Gasteiger partial charge < -0.3 is 14.0 Å². The summed E-state index contributed by atoms with van der Waals surface area (Å²) in [6.45, 7) is 0.977. The predicted molar refractivity (Wildman–Crippen MR) is 141 cm³/mol. The van der Waals surface area contributed by atoms with E-state index in [-0.39, 0.29) is 26.4 Å². The molecule has 0 saturated heterocycles. The molecule has 0 bridgehead atoms. The summed E-state index contributed by atoms with van der Waals surface area (Å²) in [5.74, 6) is 0. The minimum atomic E-state index is -0.471. The van der Waals surface area contributed by atoms with Crippen LogP contribution in [0.15, 0.2) is 52.3 Å². The number of fused-ring (bicyclic) bond motifs is 1. The van der Waals surface area contributed by atoms with E-state index in [1.54, 1.807) is 35.9 Å². The molecule has 190 valence electrons. The van der Waals surface area contributed by atoms with Gasteiger partial charge >= 0.3 is 5.69 Å². The van der Waals surface area contributed by atoms with Gasteiger partial charge in [0.2, 0.25) is 0 Å². The molecular formula is C24H22Cl4N4O4. The summed E-state index contributed by atoms with van der Waals surface area (Å²) < 4.78 is 16.1. The molecule has 4 rings (SSSR count). The lowest BCUT2D eigenvalue weighted by Gasteiger charge is -2.19. The molecule has 8 nitrogen and oxygen atoms in total. The van der Waals surface area contributed by atoms with Gasteiger partial charge in [-0.05, 0) is 35.4 Å². The molecule has 0 amide bonds. The van der Waals surface area contributed by atoms with E-state index >= 15 is 0 Å². The third-order valence-electron chi connectivity index (χ3n) is 5.64. The number of hydrogen-bond donors (Lipinski definition) is 0. The molecule has 0 unspecified atom stereocenters. The van der Waals surface area contributed by atoms with Gasteiger partial charge in [-0.3, -0.25) is 13.9 Å². The van der Waals surface area contributed by atoms with Crippen molar-refractivity contribution in [2.24, 2.45) is 14.1 Å². The van der Waals surface area contributed by atoms with Gasteiger partial charge in [-0.1, -0.05) is 58.5 Å². The summed E-state index contributed by atoms with van der Waals surface area (Å²) >= 11 is 24.2. The number of imidazole rings is 1. The quantitative estimate of drug-likeness (QED) is 0.287. The summed E-state index contributed by atoms with van der Waals surface area (Å²) in [6.07, 6.45) is 1.04. The van der Waals surface area contributed by atoms with Crippen LogP contribution in [0.4, 0.5) is 0 Å². The van der Waals surface area contributed by atoms with Gasteiger partial charge in [0.1, 0.15) is 0 Å². The van der Waals surface area contributed by atoms with Crippen molar-refractivity contribution in [3.8, 4) is 0 Å². The fourth-order valence-electron chi connectivity index (χ4n) is 3.69. The first kappa shape index (κ1) is 26.7. The van der Waals surface area contributed by atoms with Crippen molar-refractivity contribution in [3.05, 3.63) is 94.8 Å². The minimum absolute atomic E-state index is 0.202. The van der Waals surface area contributed by atoms with Crippen LogP contribution >= 0.6 is 46.4 Å². The maximum absolute atomic E-state index is 12.8. The Balaban J connectivity index is 1.56. The van der Waals surface area contributed by atoms with E-state index in [9.17, 15) is 9.59 Å². The Morgan fingerprint density at radius 2 is 1.47 bits per heavy atom. The number of benzene rings is 2. The molecule has 0 aliphatic rings. The Labute approximate surface area is 226 Å². The van der Waals surface area contributed by atoms with Crippen LogP contribution in [-0.2, 0) is 43.3 Å². The summed E-state index contributed by atoms with van der Waals surface area (Å²) in [5, 5.41) is 1.78. The highest BCUT2D eigenvalue weighted by Crippen LogP contribution is 2.24. The number of hydrogen-bond acceptors (Lipinski definition) is 5. The lowest BCUT2D eigenvalue weighted by atomic mass is 10.2. The van der Waals surface area contributed by atoms with Crippen molar-refractivity contribution in [2.75, 3.05) is 6.61 Å². The second-order valence-corrected chi connectivity index (χ2v) is 9.85. The summed E-state index contributed by atoms with van der Waals surface area (Å²) in [4.78, 5) is 29.4. The van der Waals surface area contributed by atoms with Crippen LogP contribution in [0.1, 0.15) is 11.1 Å². The molecule has 2 aromatic heterocycles. The Bertz CT molecular complexity index is 1530. The maximum Gasteiger partial charge on any atom is 0.332 e. The third kappa shape index (κ3) is 5.80. The van der Waals surface area contributed by atoms with Crippen LogP contribution < -0.4 is 11.2 Å². The van der Waals surface area contributed by atoms with E-state index < -0.39 is 17.4 Å². The van der Waals surface area contributed by atoms with Crippen molar-refractivity contribution >= 4 is 57.6 Å². The van der Waals surface area contributed by atoms with Crippen molar-refractivity contribution in [3.63, 3.8) is 0 Å². The van der Waals surface area contributed by atoms with Gasteiger partial charge in [-0.15, -0.1) is 0 Å². The number of halogens is 4. The fraction of sp³-hybridized carbons (Fsp3) is 0.292. The van der Waals surface area contributed by atoms with Gasteiger partial charge in [0.25, 0.3) is 5.56 Å². The minimum Gasteiger partial charge on any atom is -0.374 e. The molecule has 1 atom stereocenters. The molecule has 0 radical (unpaired) electrons. The van der Waals surface area contributed by atoms with Crippen molar-refractivity contribution in [1.29, 1.82) is 0 Å². The molecule has 2 heterocycles. The Kier molecular flexibility index (Phi) is 8.44. The zero-order chi connectivity index (χ0) is 26.0. The first-order valence-corrected chi connectivity index (χ1v) is 12.3. The molecule has 0 N–H and O–H groups in total. The zero-order valence-electron chi connectivity index (χ0n) is 19.4. The highest BCUT2D eigenvalue weighted by atomic mass is 35.5. The molecule has 2 aromatic carbocycles. The zero-order valence-corrected chi connectivity index (χ0v) is 22.4. The topological polar surface area (TPSA) is 80.3 Å². The van der Waals surface area contributed by atoms with Crippen LogP contribution in [0, 0.1) is 0 Å². The molecule has 0 spiro atoms. The SMILES string of the molecule is Cn1c(=O)c2c(ncn2C[C@@H](COCc2ccc(Cl)c(Cl)c2)OCc2ccc(Cl)c(Cl)c2)n(C)c1=O. The Morgan fingerprint density at radius 3 is 2.08 bits per heavy atom. The average molecular weight is 572 g/mol. The lowest BCUT2D eigenvalue weighted by molar-refractivity contribution is -0.0368. The average Bonchev–Trinajstić information content (AvgIpc) is 3.27. The second-order valence-electron chi connectivity index (χ2n) is 8.22. The highest BCUT2D eigenvalue weighted by Gasteiger charge is 2.18. The van der Waals surface area contributed by atoms with Gasteiger partial charge in [0.05, 0.1) is 58.9 Å². The molecule has 0 fully saturated rings. The number of ether oxygens (including phenoxy) is 2. The number of aryl methyl sites for hydroxylation is 1. The molecule has 4 aromatic rings. The predicted octanol–water partition coefficient (Wildman–Crippen LogP) is 4.85. The fourth-order valence-corrected chi connectivity index (χ4v) is 4.33. The van der Waals surface area contributed by atoms with Crippen molar-refractivity contribution in [1.82, 2.24) is 18.7 Å². The first-order valence-electron chi connectivity index (χ1n) is 10.8. The van der Waals surface area contributed by atoms with Gasteiger partial charge in [-0.2, -0.15) is 0 Å². The first-order chi connectivity index (χ1) is 17.2. The monoisotopic (exact) mass is 570 g/mol. The van der Waals surface area contributed by atoms with Gasteiger partial charge in [-0.25, -0.2) is 9.78 Å². The Morgan fingerprint density at radius 1 is 0.861 bits per heavy atom. The lowest BCUT2D eigenvalue weighted by Crippen LogP contribution is -2.38. The van der Waals surface area contributed by atoms with E-state index in [4.69, 9.17) is 55.9 Å². The normalized spacial score (nSPS) is 12.4. The number of nitrogens with zero attached hydrogens (tertiary/aromatic N) is 4. The second kappa shape index (κ2) is 11.4. The van der Waals surface area contributed by atoms with E-state index in [1.165, 1.54) is 17.9 Å². The molecule has 12 heteroatoms. The van der Waals surface area contributed by atoms with E-state index in [2.05, 4.69) is 4.98 Å². The number of aromatic nitrogens is 4. The maximum atomic E-state index is 12.8. The molecule has 0 saturated carbocycles. The van der Waals surface area contributed by atoms with E-state index in [0.29, 0.717) is 31.3 Å². The standard InChI is InChI=1S/C24H22Cl4N4O4/c1-30-22-21(23(33)31(2)24(30)34)32(13-29-22)9-16(36-11-15-4-6-18(26)20(28)8-15)12-35-10-14-3-5-17(25)19(27)7-14/h3-8,13,16H,9-12H2,1-2H3/t16-/m0/s1. The van der Waals surface area contributed by atoms with Gasteiger partial charge in [0, 0.05) is 14.1 Å². The highest BCUT2D eigenvalue weighted by molar-refractivity contribution is 6.42. The van der Waals surface area contributed by atoms with Crippen molar-refractivity contribution in [2.45, 2.75) is 25.9 Å². The van der Waals surface area contributed by atoms with E-state index in [1.807, 2.05) is 12.1 Å². The molecular weight excluding hydrogens is 550 g/mol. The largest absolute Gasteiger partial charge is 0.374 e. The Hall–Kier alpha value is -2.33. The van der Waals surface area contributed by atoms with Crippen LogP contribution in [-0.4, -0.2) is 31.4 Å². The van der Waals surface area contributed by atoms with E-state index in [0.717, 1.165) is 15.7 Å². The molecule has 0 aliphatic carbocycles. The molecule has 36 heavy (non-hydrogen) atoms. The van der Waals surface area contributed by atoms with Gasteiger partial charge in [0.15, 0.2) is 11.2 Å². The summed E-state index contributed by atoms with van der Waals surface area (Å²) in [6, 6.07) is 10.5. The summed E-state index contributed by atoms with van der Waals surface area (Å²) in [7, 11) is 3.00. The van der Waals surface area contributed by atoms with Crippen LogP contribution in [0.3, 0.4) is 0 Å². The van der Waals surface area contributed by atoms with Crippen LogP contribution in [0.5, 0.6) is 0 Å². The van der Waals surface area contributed by atoms with Crippen molar-refractivity contribution < 1.29 is 9.47 Å².